The normalized spacial score (nSPS) is 11.7. The third-order valence-corrected chi connectivity index (χ3v) is 11.8. The zero-order valence-corrected chi connectivity index (χ0v) is 31.9. The zero-order chi connectivity index (χ0) is 38.9. The number of aromatic nitrogens is 4. The van der Waals surface area contributed by atoms with Crippen LogP contribution >= 0.6 is 0 Å². The van der Waals surface area contributed by atoms with Crippen molar-refractivity contribution in [3.05, 3.63) is 206 Å². The van der Waals surface area contributed by atoms with E-state index >= 15 is 0 Å². The number of para-hydroxylation sites is 2. The first-order chi connectivity index (χ1) is 29.3. The summed E-state index contributed by atoms with van der Waals surface area (Å²) in [7, 11) is 0. The second kappa shape index (κ2) is 13.3. The second-order valence-electron chi connectivity index (χ2n) is 15.1. The molecule has 0 radical (unpaired) electrons. The van der Waals surface area contributed by atoms with Gasteiger partial charge in [0, 0.05) is 33.2 Å². The average Bonchev–Trinajstić information content (AvgIpc) is 3.66. The lowest BCUT2D eigenvalue weighted by molar-refractivity contribution is 1.07. The highest BCUT2D eigenvalue weighted by Gasteiger charge is 2.20. The summed E-state index contributed by atoms with van der Waals surface area (Å²) in [6.07, 6.45) is 0. The topological polar surface area (TPSA) is 43.6 Å². The summed E-state index contributed by atoms with van der Waals surface area (Å²) in [4.78, 5) is 15.6. The first kappa shape index (κ1) is 33.2. The van der Waals surface area contributed by atoms with Gasteiger partial charge in [0.2, 0.25) is 0 Å². The Hall–Kier alpha value is -7.95. The largest absolute Gasteiger partial charge is 0.309 e. The van der Waals surface area contributed by atoms with Crippen molar-refractivity contribution in [1.82, 2.24) is 19.5 Å². The van der Waals surface area contributed by atoms with Crippen molar-refractivity contribution >= 4 is 64.9 Å². The molecule has 4 nitrogen and oxygen atoms in total. The Bertz CT molecular complexity index is 3550. The van der Waals surface area contributed by atoms with Crippen LogP contribution in [-0.2, 0) is 0 Å². The predicted octanol–water partition coefficient (Wildman–Crippen LogP) is 14.2. The Kier molecular flexibility index (Phi) is 7.50. The van der Waals surface area contributed by atoms with E-state index in [2.05, 4.69) is 193 Å². The summed E-state index contributed by atoms with van der Waals surface area (Å²) >= 11 is 0. The maximum Gasteiger partial charge on any atom is 0.164 e. The van der Waals surface area contributed by atoms with Crippen LogP contribution in [0, 0.1) is 0 Å². The minimum Gasteiger partial charge on any atom is -0.309 e. The van der Waals surface area contributed by atoms with Crippen molar-refractivity contribution in [3.63, 3.8) is 0 Å². The SMILES string of the molecule is c1ccc(-c2nc(-c3ccc(-n4c5ccccc5c5ccccc54)cc3)nc(-c3ccccc3-c3cc4c5ccccc5c5ccccc5c4c4ccccc34)n2)cc1. The summed E-state index contributed by atoms with van der Waals surface area (Å²) < 4.78 is 2.33. The molecule has 0 saturated carbocycles. The quantitative estimate of drug-likeness (QED) is 0.165. The maximum absolute atomic E-state index is 5.28. The molecule has 0 amide bonds. The fourth-order valence-corrected chi connectivity index (χ4v) is 9.20. The van der Waals surface area contributed by atoms with Gasteiger partial charge in [0.15, 0.2) is 17.5 Å². The fraction of sp³-hybridized carbons (Fsp3) is 0. The van der Waals surface area contributed by atoms with Gasteiger partial charge in [0.1, 0.15) is 0 Å². The van der Waals surface area contributed by atoms with Crippen molar-refractivity contribution in [3.8, 4) is 51.0 Å². The molecular formula is C55H34N4. The van der Waals surface area contributed by atoms with Crippen molar-refractivity contribution in [2.75, 3.05) is 0 Å². The van der Waals surface area contributed by atoms with Crippen LogP contribution < -0.4 is 0 Å². The molecule has 0 spiro atoms. The molecular weight excluding hydrogens is 717 g/mol. The summed E-state index contributed by atoms with van der Waals surface area (Å²) in [5, 5.41) is 12.4. The molecule has 12 rings (SSSR count). The first-order valence-corrected chi connectivity index (χ1v) is 20.0. The van der Waals surface area contributed by atoms with E-state index < -0.39 is 0 Å². The third-order valence-electron chi connectivity index (χ3n) is 11.8. The van der Waals surface area contributed by atoms with Crippen LogP contribution in [-0.4, -0.2) is 19.5 Å². The molecule has 0 saturated heterocycles. The Labute approximate surface area is 340 Å². The number of hydrogen-bond donors (Lipinski definition) is 0. The van der Waals surface area contributed by atoms with Gasteiger partial charge >= 0.3 is 0 Å². The van der Waals surface area contributed by atoms with Crippen LogP contribution in [0.1, 0.15) is 0 Å². The molecule has 0 aliphatic carbocycles. The van der Waals surface area contributed by atoms with Crippen LogP contribution in [0.3, 0.4) is 0 Å². The predicted molar refractivity (Wildman–Crippen MR) is 246 cm³/mol. The number of benzene rings is 10. The summed E-state index contributed by atoms with van der Waals surface area (Å²) in [6.45, 7) is 0. The van der Waals surface area contributed by atoms with E-state index in [1.165, 1.54) is 64.9 Å². The van der Waals surface area contributed by atoms with E-state index in [4.69, 9.17) is 15.0 Å². The summed E-state index contributed by atoms with van der Waals surface area (Å²) in [6, 6.07) is 73.3. The molecule has 0 aliphatic heterocycles. The molecule has 10 aromatic carbocycles. The third kappa shape index (κ3) is 5.27. The Morgan fingerprint density at radius 1 is 0.271 bits per heavy atom. The number of rotatable bonds is 5. The standard InChI is InChI=1S/C55H34N4/c1-2-16-35(17-3-1)53-56-54(36-30-32-37(33-31-36)59-50-28-14-12-23-43(50)44-24-13-15-29-51(44)59)58-55(57-53)47-27-11-8-22-42(47)48-34-49-40-20-5-4-18-38(40)39-19-6-9-25-45(39)52(49)46-26-10-7-21-41(46)48/h1-34H. The highest BCUT2D eigenvalue weighted by atomic mass is 15.0. The van der Waals surface area contributed by atoms with Gasteiger partial charge in [-0.1, -0.05) is 164 Å². The minimum absolute atomic E-state index is 0.623. The highest BCUT2D eigenvalue weighted by Crippen LogP contribution is 2.44. The summed E-state index contributed by atoms with van der Waals surface area (Å²) in [5.41, 5.74) is 8.45. The molecule has 0 aliphatic rings. The van der Waals surface area contributed by atoms with Crippen LogP contribution in [0.25, 0.3) is 116 Å². The molecule has 59 heavy (non-hydrogen) atoms. The monoisotopic (exact) mass is 750 g/mol. The van der Waals surface area contributed by atoms with Crippen LogP contribution in [0.15, 0.2) is 206 Å². The van der Waals surface area contributed by atoms with Crippen LogP contribution in [0.4, 0.5) is 0 Å². The number of fused-ring (bicyclic) bond motifs is 11. The van der Waals surface area contributed by atoms with Crippen LogP contribution in [0.5, 0.6) is 0 Å². The van der Waals surface area contributed by atoms with Gasteiger partial charge in [-0.25, -0.2) is 15.0 Å². The molecule has 0 fully saturated rings. The lowest BCUT2D eigenvalue weighted by atomic mass is 9.86. The van der Waals surface area contributed by atoms with E-state index in [0.717, 1.165) is 33.5 Å². The molecule has 0 bridgehead atoms. The van der Waals surface area contributed by atoms with Crippen molar-refractivity contribution in [2.24, 2.45) is 0 Å². The molecule has 0 unspecified atom stereocenters. The number of hydrogen-bond acceptors (Lipinski definition) is 3. The molecule has 12 aromatic rings. The van der Waals surface area contributed by atoms with Gasteiger partial charge in [0.05, 0.1) is 11.0 Å². The van der Waals surface area contributed by atoms with E-state index in [1.807, 2.05) is 18.2 Å². The lowest BCUT2D eigenvalue weighted by Gasteiger charge is -2.18. The fourth-order valence-electron chi connectivity index (χ4n) is 9.20. The molecule has 4 heteroatoms. The average molecular weight is 751 g/mol. The Balaban J connectivity index is 1.06. The number of nitrogens with zero attached hydrogens (tertiary/aromatic N) is 4. The van der Waals surface area contributed by atoms with Gasteiger partial charge in [-0.2, -0.15) is 0 Å². The summed E-state index contributed by atoms with van der Waals surface area (Å²) in [5.74, 6) is 1.88. The zero-order valence-electron chi connectivity index (χ0n) is 31.9. The molecule has 274 valence electrons. The highest BCUT2D eigenvalue weighted by molar-refractivity contribution is 6.33. The van der Waals surface area contributed by atoms with Gasteiger partial charge in [-0.15, -0.1) is 0 Å². The maximum atomic E-state index is 5.28. The van der Waals surface area contributed by atoms with E-state index in [9.17, 15) is 0 Å². The van der Waals surface area contributed by atoms with E-state index in [0.29, 0.717) is 17.5 Å². The molecule has 2 aromatic heterocycles. The van der Waals surface area contributed by atoms with E-state index in [1.54, 1.807) is 0 Å². The van der Waals surface area contributed by atoms with Gasteiger partial charge < -0.3 is 4.57 Å². The Morgan fingerprint density at radius 3 is 1.32 bits per heavy atom. The molecule has 2 heterocycles. The first-order valence-electron chi connectivity index (χ1n) is 20.0. The lowest BCUT2D eigenvalue weighted by Crippen LogP contribution is -2.01. The molecule has 0 N–H and O–H groups in total. The van der Waals surface area contributed by atoms with E-state index in [-0.39, 0.29) is 0 Å². The van der Waals surface area contributed by atoms with Crippen molar-refractivity contribution in [1.29, 1.82) is 0 Å². The van der Waals surface area contributed by atoms with Crippen LogP contribution in [0.2, 0.25) is 0 Å². The second-order valence-corrected chi connectivity index (χ2v) is 15.1. The minimum atomic E-state index is 0.623. The Morgan fingerprint density at radius 2 is 0.695 bits per heavy atom. The van der Waals surface area contributed by atoms with Gasteiger partial charge in [-0.3, -0.25) is 0 Å². The van der Waals surface area contributed by atoms with Crippen molar-refractivity contribution < 1.29 is 0 Å². The van der Waals surface area contributed by atoms with Crippen molar-refractivity contribution in [2.45, 2.75) is 0 Å². The van der Waals surface area contributed by atoms with Gasteiger partial charge in [-0.05, 0) is 96.7 Å². The molecule has 0 atom stereocenters. The van der Waals surface area contributed by atoms with Gasteiger partial charge in [0.25, 0.3) is 0 Å². The smallest absolute Gasteiger partial charge is 0.164 e.